The van der Waals surface area contributed by atoms with Gasteiger partial charge in [0.15, 0.2) is 0 Å². The largest absolute Gasteiger partial charge is 0.497 e. The van der Waals surface area contributed by atoms with E-state index in [0.717, 1.165) is 29.7 Å². The normalized spacial score (nSPS) is 16.9. The lowest BCUT2D eigenvalue weighted by atomic mass is 10.0. The minimum Gasteiger partial charge on any atom is -0.497 e. The summed E-state index contributed by atoms with van der Waals surface area (Å²) in [6.45, 7) is 0.624. The average Bonchev–Trinajstić information content (AvgIpc) is 3.02. The second-order valence-electron chi connectivity index (χ2n) is 8.08. The third-order valence-electron chi connectivity index (χ3n) is 5.80. The zero-order valence-corrected chi connectivity index (χ0v) is 18.7. The molecule has 1 saturated heterocycles. The third-order valence-corrected chi connectivity index (χ3v) is 5.80. The Morgan fingerprint density at radius 3 is 2.50 bits per heavy atom. The van der Waals surface area contributed by atoms with Gasteiger partial charge < -0.3 is 20.3 Å². The third kappa shape index (κ3) is 6.33. The number of likely N-dealkylation sites (N-methyl/N-ethyl adjacent to an activating group) is 1. The molecule has 0 spiro atoms. The van der Waals surface area contributed by atoms with Crippen molar-refractivity contribution in [1.29, 1.82) is 0 Å². The van der Waals surface area contributed by atoms with Crippen LogP contribution in [0.15, 0.2) is 54.6 Å². The van der Waals surface area contributed by atoms with E-state index in [1.54, 1.807) is 26.3 Å². The molecule has 0 radical (unpaired) electrons. The molecule has 1 aliphatic heterocycles. The van der Waals surface area contributed by atoms with Crippen LogP contribution in [0.3, 0.4) is 0 Å². The number of hydrogen-bond donors (Lipinski definition) is 2. The van der Waals surface area contributed by atoms with E-state index in [2.05, 4.69) is 10.6 Å². The predicted molar refractivity (Wildman–Crippen MR) is 122 cm³/mol. The number of nitrogens with zero attached hydrogens (tertiary/aromatic N) is 1. The monoisotopic (exact) mass is 437 g/mol. The van der Waals surface area contributed by atoms with E-state index in [1.807, 2.05) is 42.5 Å². The quantitative estimate of drug-likeness (QED) is 0.662. The Labute approximate surface area is 189 Å². The molecule has 3 amide bonds. The lowest BCUT2D eigenvalue weighted by molar-refractivity contribution is -0.139. The van der Waals surface area contributed by atoms with Gasteiger partial charge >= 0.3 is 0 Å². The van der Waals surface area contributed by atoms with Gasteiger partial charge in [0.1, 0.15) is 17.8 Å². The van der Waals surface area contributed by atoms with Crippen LogP contribution in [-0.4, -0.2) is 55.4 Å². The summed E-state index contributed by atoms with van der Waals surface area (Å²) in [4.78, 5) is 40.1. The van der Waals surface area contributed by atoms with Gasteiger partial charge in [0.25, 0.3) is 0 Å². The average molecular weight is 438 g/mol. The zero-order chi connectivity index (χ0) is 22.9. The van der Waals surface area contributed by atoms with Crippen molar-refractivity contribution in [2.45, 2.75) is 44.2 Å². The van der Waals surface area contributed by atoms with Crippen LogP contribution in [0.4, 0.5) is 0 Å². The standard InChI is InChI=1S/C25H31N3O4/c1-28(23(29)17-19-11-13-20(32-2)14-12-19)22(16-18-8-4-3-5-9-18)25(31)27-21-10-6-7-15-26-24(21)30/h3-5,8-9,11-14,21-22H,6-7,10,15-17H2,1-2H3,(H,26,30)(H,27,31)/t21-,22-/m0/s1. The molecule has 1 fully saturated rings. The first kappa shape index (κ1) is 23.3. The molecule has 2 N–H and O–H groups in total. The van der Waals surface area contributed by atoms with Crippen LogP contribution >= 0.6 is 0 Å². The summed E-state index contributed by atoms with van der Waals surface area (Å²) in [5, 5.41) is 5.72. The molecule has 7 heteroatoms. The highest BCUT2D eigenvalue weighted by molar-refractivity contribution is 5.92. The number of methoxy groups -OCH3 is 1. The number of benzene rings is 2. The van der Waals surface area contributed by atoms with Crippen molar-refractivity contribution >= 4 is 17.7 Å². The molecule has 0 bridgehead atoms. The lowest BCUT2D eigenvalue weighted by Crippen LogP contribution is -2.54. The Hall–Kier alpha value is -3.35. The van der Waals surface area contributed by atoms with Crippen molar-refractivity contribution in [3.8, 4) is 5.75 Å². The van der Waals surface area contributed by atoms with Gasteiger partial charge in [-0.2, -0.15) is 0 Å². The van der Waals surface area contributed by atoms with Gasteiger partial charge in [-0.25, -0.2) is 0 Å². The topological polar surface area (TPSA) is 87.7 Å². The summed E-state index contributed by atoms with van der Waals surface area (Å²) in [6, 6.07) is 15.6. The van der Waals surface area contributed by atoms with Gasteiger partial charge in [-0.05, 0) is 42.5 Å². The van der Waals surface area contributed by atoms with Crippen LogP contribution in [-0.2, 0) is 27.2 Å². The van der Waals surface area contributed by atoms with Gasteiger partial charge in [0, 0.05) is 20.0 Å². The first-order chi connectivity index (χ1) is 15.5. The molecule has 2 aromatic carbocycles. The molecule has 7 nitrogen and oxygen atoms in total. The lowest BCUT2D eigenvalue weighted by Gasteiger charge is -2.29. The highest BCUT2D eigenvalue weighted by atomic mass is 16.5. The Bertz CT molecular complexity index is 915. The van der Waals surface area contributed by atoms with E-state index in [9.17, 15) is 14.4 Å². The number of nitrogens with one attached hydrogen (secondary N) is 2. The number of carbonyl (C=O) groups is 3. The van der Waals surface area contributed by atoms with Crippen LogP contribution in [0, 0.1) is 0 Å². The SMILES string of the molecule is COc1ccc(CC(=O)N(C)[C@@H](Cc2ccccc2)C(=O)N[C@H]2CCCCNC2=O)cc1. The maximum Gasteiger partial charge on any atom is 0.243 e. The van der Waals surface area contributed by atoms with E-state index < -0.39 is 12.1 Å². The molecule has 1 aliphatic rings. The Balaban J connectivity index is 1.74. The molecule has 32 heavy (non-hydrogen) atoms. The first-order valence-corrected chi connectivity index (χ1v) is 11.0. The molecule has 1 heterocycles. The fourth-order valence-electron chi connectivity index (χ4n) is 3.80. The van der Waals surface area contributed by atoms with E-state index >= 15 is 0 Å². The molecule has 170 valence electrons. The van der Waals surface area contributed by atoms with Crippen molar-refractivity contribution < 1.29 is 19.1 Å². The van der Waals surface area contributed by atoms with Crippen molar-refractivity contribution in [1.82, 2.24) is 15.5 Å². The first-order valence-electron chi connectivity index (χ1n) is 11.0. The molecular formula is C25H31N3O4. The van der Waals surface area contributed by atoms with Crippen molar-refractivity contribution in [3.63, 3.8) is 0 Å². The van der Waals surface area contributed by atoms with E-state index in [4.69, 9.17) is 4.74 Å². The number of carbonyl (C=O) groups excluding carboxylic acids is 3. The summed E-state index contributed by atoms with van der Waals surface area (Å²) in [6.07, 6.45) is 2.89. The van der Waals surface area contributed by atoms with E-state index in [-0.39, 0.29) is 24.1 Å². The van der Waals surface area contributed by atoms with Gasteiger partial charge in [-0.3, -0.25) is 14.4 Å². The highest BCUT2D eigenvalue weighted by Crippen LogP contribution is 2.15. The second-order valence-corrected chi connectivity index (χ2v) is 8.08. The molecule has 2 atom stereocenters. The van der Waals surface area contributed by atoms with E-state index in [1.165, 1.54) is 4.90 Å². The summed E-state index contributed by atoms with van der Waals surface area (Å²) in [7, 11) is 3.24. The summed E-state index contributed by atoms with van der Waals surface area (Å²) >= 11 is 0. The minimum absolute atomic E-state index is 0.165. The molecule has 3 rings (SSSR count). The minimum atomic E-state index is -0.723. The van der Waals surface area contributed by atoms with Crippen molar-refractivity contribution in [2.24, 2.45) is 0 Å². The van der Waals surface area contributed by atoms with Crippen LogP contribution in [0.25, 0.3) is 0 Å². The molecular weight excluding hydrogens is 406 g/mol. The van der Waals surface area contributed by atoms with Gasteiger partial charge in [0.05, 0.1) is 13.5 Å². The fraction of sp³-hybridized carbons (Fsp3) is 0.400. The highest BCUT2D eigenvalue weighted by Gasteiger charge is 2.31. The molecule has 0 saturated carbocycles. The van der Waals surface area contributed by atoms with Crippen LogP contribution in [0.2, 0.25) is 0 Å². The second kappa shape index (κ2) is 11.3. The molecule has 2 aromatic rings. The van der Waals surface area contributed by atoms with Gasteiger partial charge in [-0.15, -0.1) is 0 Å². The van der Waals surface area contributed by atoms with Crippen molar-refractivity contribution in [3.05, 3.63) is 65.7 Å². The number of hydrogen-bond acceptors (Lipinski definition) is 4. The molecule has 0 aromatic heterocycles. The molecule has 0 unspecified atom stereocenters. The van der Waals surface area contributed by atoms with Gasteiger partial charge in [-0.1, -0.05) is 42.5 Å². The Morgan fingerprint density at radius 2 is 1.81 bits per heavy atom. The maximum absolute atomic E-state index is 13.3. The van der Waals surface area contributed by atoms with Crippen molar-refractivity contribution in [2.75, 3.05) is 20.7 Å². The predicted octanol–water partition coefficient (Wildman–Crippen LogP) is 2.09. The number of ether oxygens (including phenoxy) is 1. The maximum atomic E-state index is 13.3. The Kier molecular flexibility index (Phi) is 8.25. The van der Waals surface area contributed by atoms with Crippen LogP contribution in [0.1, 0.15) is 30.4 Å². The van der Waals surface area contributed by atoms with Crippen LogP contribution in [0.5, 0.6) is 5.75 Å². The van der Waals surface area contributed by atoms with Gasteiger partial charge in [0.2, 0.25) is 17.7 Å². The Morgan fingerprint density at radius 1 is 1.09 bits per heavy atom. The number of amides is 3. The fourth-order valence-corrected chi connectivity index (χ4v) is 3.80. The molecule has 0 aliphatic carbocycles. The number of rotatable bonds is 8. The summed E-state index contributed by atoms with van der Waals surface area (Å²) in [5.74, 6) is 0.0668. The zero-order valence-electron chi connectivity index (χ0n) is 18.7. The smallest absolute Gasteiger partial charge is 0.243 e. The summed E-state index contributed by atoms with van der Waals surface area (Å²) in [5.41, 5.74) is 1.78. The van der Waals surface area contributed by atoms with E-state index in [0.29, 0.717) is 19.4 Å². The summed E-state index contributed by atoms with van der Waals surface area (Å²) < 4.78 is 5.17. The van der Waals surface area contributed by atoms with Crippen LogP contribution < -0.4 is 15.4 Å².